The summed E-state index contributed by atoms with van der Waals surface area (Å²) in [6, 6.07) is 33.1. The maximum Gasteiger partial charge on any atom is 0.287 e. The fourth-order valence-electron chi connectivity index (χ4n) is 4.29. The van der Waals surface area contributed by atoms with E-state index in [1.54, 1.807) is 60.3 Å². The summed E-state index contributed by atoms with van der Waals surface area (Å²) >= 11 is 0. The number of hydrogen-bond donors (Lipinski definition) is 2. The Kier molecular flexibility index (Phi) is 9.03. The smallest absolute Gasteiger partial charge is 0.287 e. The van der Waals surface area contributed by atoms with Crippen molar-refractivity contribution < 1.29 is 19.1 Å². The van der Waals surface area contributed by atoms with Crippen molar-refractivity contribution in [3.8, 4) is 28.4 Å². The molecule has 0 aliphatic carbocycles. The van der Waals surface area contributed by atoms with Gasteiger partial charge in [0.15, 0.2) is 0 Å². The Bertz CT molecular complexity index is 1770. The van der Waals surface area contributed by atoms with Crippen LogP contribution in [0.3, 0.4) is 0 Å². The molecule has 0 radical (unpaired) electrons. The Labute approximate surface area is 249 Å². The van der Waals surface area contributed by atoms with Crippen LogP contribution in [0, 0.1) is 0 Å². The van der Waals surface area contributed by atoms with Gasteiger partial charge in [-0.1, -0.05) is 66.7 Å². The second-order valence-corrected chi connectivity index (χ2v) is 9.26. The van der Waals surface area contributed by atoms with E-state index in [0.717, 1.165) is 11.3 Å². The van der Waals surface area contributed by atoms with Crippen LogP contribution < -0.4 is 20.2 Å². The number of aromatic nitrogens is 2. The number of para-hydroxylation sites is 1. The van der Waals surface area contributed by atoms with Gasteiger partial charge in [-0.3, -0.25) is 9.59 Å². The molecule has 43 heavy (non-hydrogen) atoms. The van der Waals surface area contributed by atoms with E-state index in [2.05, 4.69) is 15.8 Å². The van der Waals surface area contributed by atoms with Crippen LogP contribution in [-0.2, 0) is 4.79 Å². The molecule has 0 unspecified atom stereocenters. The lowest BCUT2D eigenvalue weighted by atomic mass is 10.1. The van der Waals surface area contributed by atoms with Crippen molar-refractivity contribution in [2.24, 2.45) is 5.10 Å². The molecule has 0 atom stereocenters. The summed E-state index contributed by atoms with van der Waals surface area (Å²) in [5.41, 5.74) is 6.43. The zero-order chi connectivity index (χ0) is 30.0. The minimum absolute atomic E-state index is 0.0200. The highest BCUT2D eigenvalue weighted by molar-refractivity contribution is 6.06. The average molecular weight is 572 g/mol. The molecule has 4 aromatic carbocycles. The molecule has 2 N–H and O–H groups in total. The maximum absolute atomic E-state index is 13.5. The van der Waals surface area contributed by atoms with E-state index in [4.69, 9.17) is 14.6 Å². The van der Waals surface area contributed by atoms with Crippen LogP contribution in [-0.4, -0.2) is 42.0 Å². The first-order valence-electron chi connectivity index (χ1n) is 13.4. The number of amides is 2. The third-order valence-electron chi connectivity index (χ3n) is 6.45. The van der Waals surface area contributed by atoms with Gasteiger partial charge in [-0.25, -0.2) is 10.1 Å². The molecule has 9 nitrogen and oxygen atoms in total. The fourth-order valence-corrected chi connectivity index (χ4v) is 4.29. The second-order valence-electron chi connectivity index (χ2n) is 9.26. The maximum atomic E-state index is 13.5. The fraction of sp³-hybridized carbons (Fsp3) is 0.0588. The molecule has 0 saturated heterocycles. The molecule has 0 bridgehead atoms. The number of carbonyl (C=O) groups excluding carboxylic acids is 2. The van der Waals surface area contributed by atoms with Gasteiger partial charge in [-0.2, -0.15) is 10.2 Å². The molecule has 214 valence electrons. The Hall–Kier alpha value is -5.96. The van der Waals surface area contributed by atoms with Gasteiger partial charge in [0.25, 0.3) is 11.8 Å². The summed E-state index contributed by atoms with van der Waals surface area (Å²) < 4.78 is 12.4. The summed E-state index contributed by atoms with van der Waals surface area (Å²) in [5, 5.41) is 11.7. The summed E-state index contributed by atoms with van der Waals surface area (Å²) in [6.07, 6.45) is 4.84. The number of carbonyl (C=O) groups is 2. The van der Waals surface area contributed by atoms with E-state index in [0.29, 0.717) is 33.9 Å². The molecule has 2 amide bonds. The molecule has 0 aliphatic heterocycles. The number of hydrogen-bond acceptors (Lipinski definition) is 6. The third kappa shape index (κ3) is 7.04. The first-order chi connectivity index (χ1) is 21.1. The van der Waals surface area contributed by atoms with Crippen LogP contribution in [0.15, 0.2) is 126 Å². The van der Waals surface area contributed by atoms with Gasteiger partial charge in [0, 0.05) is 28.5 Å². The quantitative estimate of drug-likeness (QED) is 0.131. The lowest BCUT2D eigenvalue weighted by Gasteiger charge is -2.10. The molecule has 1 heterocycles. The molecular weight excluding hydrogens is 542 g/mol. The van der Waals surface area contributed by atoms with Crippen molar-refractivity contribution in [1.29, 1.82) is 0 Å². The highest BCUT2D eigenvalue weighted by Gasteiger charge is 2.18. The van der Waals surface area contributed by atoms with Gasteiger partial charge in [0.05, 0.1) is 26.1 Å². The van der Waals surface area contributed by atoms with Crippen LogP contribution >= 0.6 is 0 Å². The van der Waals surface area contributed by atoms with Crippen molar-refractivity contribution in [2.75, 3.05) is 14.2 Å². The number of benzene rings is 4. The van der Waals surface area contributed by atoms with Gasteiger partial charge < -0.3 is 14.8 Å². The highest BCUT2D eigenvalue weighted by atomic mass is 16.5. The Morgan fingerprint density at radius 2 is 1.49 bits per heavy atom. The standard InChI is InChI=1S/C34H29N5O4/c1-42-29-18-19-31(43-2)26(20-29)22-35-37-34(41)30(36-33(40)25-14-8-4-9-15-25)21-27-23-39(28-16-10-5-11-17-28)38-32(27)24-12-6-3-7-13-24/h3-23H,1-2H3,(H,36,40)(H,37,41)/b30-21-,35-22-. The Balaban J connectivity index is 1.52. The number of nitrogens with zero attached hydrogens (tertiary/aromatic N) is 3. The number of ether oxygens (including phenoxy) is 2. The van der Waals surface area contributed by atoms with Crippen LogP contribution in [0.1, 0.15) is 21.5 Å². The summed E-state index contributed by atoms with van der Waals surface area (Å²) in [5.74, 6) is 0.0759. The largest absolute Gasteiger partial charge is 0.497 e. The molecule has 5 rings (SSSR count). The summed E-state index contributed by atoms with van der Waals surface area (Å²) in [7, 11) is 3.10. The number of nitrogens with one attached hydrogen (secondary N) is 2. The van der Waals surface area contributed by atoms with Crippen molar-refractivity contribution in [3.63, 3.8) is 0 Å². The van der Waals surface area contributed by atoms with Crippen molar-refractivity contribution in [1.82, 2.24) is 20.5 Å². The molecule has 0 aliphatic rings. The Morgan fingerprint density at radius 1 is 0.814 bits per heavy atom. The molecule has 9 heteroatoms. The number of methoxy groups -OCH3 is 2. The Morgan fingerprint density at radius 3 is 2.16 bits per heavy atom. The highest BCUT2D eigenvalue weighted by Crippen LogP contribution is 2.26. The van der Waals surface area contributed by atoms with Gasteiger partial charge in [-0.15, -0.1) is 0 Å². The summed E-state index contributed by atoms with van der Waals surface area (Å²) in [6.45, 7) is 0. The average Bonchev–Trinajstić information content (AvgIpc) is 3.49. The van der Waals surface area contributed by atoms with E-state index < -0.39 is 11.8 Å². The predicted octanol–water partition coefficient (Wildman–Crippen LogP) is 5.48. The zero-order valence-corrected chi connectivity index (χ0v) is 23.6. The van der Waals surface area contributed by atoms with Crippen LogP contribution in [0.25, 0.3) is 23.0 Å². The second kappa shape index (κ2) is 13.6. The minimum atomic E-state index is -0.631. The lowest BCUT2D eigenvalue weighted by Crippen LogP contribution is -2.32. The van der Waals surface area contributed by atoms with Crippen molar-refractivity contribution in [3.05, 3.63) is 138 Å². The number of rotatable bonds is 10. The van der Waals surface area contributed by atoms with Crippen molar-refractivity contribution in [2.45, 2.75) is 0 Å². The topological polar surface area (TPSA) is 107 Å². The normalized spacial score (nSPS) is 11.3. The molecule has 0 spiro atoms. The first kappa shape index (κ1) is 28.6. The monoisotopic (exact) mass is 571 g/mol. The van der Waals surface area contributed by atoms with E-state index in [1.165, 1.54) is 13.3 Å². The summed E-state index contributed by atoms with van der Waals surface area (Å²) in [4.78, 5) is 26.7. The zero-order valence-electron chi connectivity index (χ0n) is 23.6. The molecule has 1 aromatic heterocycles. The van der Waals surface area contributed by atoms with Crippen LogP contribution in [0.5, 0.6) is 11.5 Å². The minimum Gasteiger partial charge on any atom is -0.497 e. The van der Waals surface area contributed by atoms with Gasteiger partial charge in [0.1, 0.15) is 22.9 Å². The predicted molar refractivity (Wildman–Crippen MR) is 166 cm³/mol. The SMILES string of the molecule is COc1ccc(OC)c(/C=N\NC(=O)/C(=C/c2cn(-c3ccccc3)nc2-c2ccccc2)NC(=O)c2ccccc2)c1. The molecule has 0 saturated carbocycles. The molecular formula is C34H29N5O4. The third-order valence-corrected chi connectivity index (χ3v) is 6.45. The first-order valence-corrected chi connectivity index (χ1v) is 13.4. The lowest BCUT2D eigenvalue weighted by molar-refractivity contribution is -0.117. The van der Waals surface area contributed by atoms with E-state index >= 15 is 0 Å². The van der Waals surface area contributed by atoms with Gasteiger partial charge in [0.2, 0.25) is 0 Å². The molecule has 0 fully saturated rings. The van der Waals surface area contributed by atoms with Crippen LogP contribution in [0.2, 0.25) is 0 Å². The van der Waals surface area contributed by atoms with Crippen LogP contribution in [0.4, 0.5) is 0 Å². The number of hydrazone groups is 1. The van der Waals surface area contributed by atoms with Gasteiger partial charge >= 0.3 is 0 Å². The van der Waals surface area contributed by atoms with Gasteiger partial charge in [-0.05, 0) is 48.5 Å². The molecule has 5 aromatic rings. The van der Waals surface area contributed by atoms with E-state index in [-0.39, 0.29) is 5.70 Å². The van der Waals surface area contributed by atoms with Crippen molar-refractivity contribution >= 4 is 24.1 Å². The van der Waals surface area contributed by atoms with E-state index in [1.807, 2.05) is 72.9 Å². The van der Waals surface area contributed by atoms with E-state index in [9.17, 15) is 9.59 Å².